The normalized spacial score (nSPS) is 22.2. The number of aromatic nitrogens is 1. The van der Waals surface area contributed by atoms with E-state index in [1.165, 1.54) is 66.9 Å². The van der Waals surface area contributed by atoms with Gasteiger partial charge in [0.05, 0.1) is 11.7 Å². The van der Waals surface area contributed by atoms with Crippen molar-refractivity contribution in [3.05, 3.63) is 15.6 Å². The van der Waals surface area contributed by atoms with Gasteiger partial charge in [-0.25, -0.2) is 4.98 Å². The summed E-state index contributed by atoms with van der Waals surface area (Å²) in [5, 5.41) is 14.4. The van der Waals surface area contributed by atoms with Gasteiger partial charge < -0.3 is 10.4 Å². The van der Waals surface area contributed by atoms with Crippen LogP contribution >= 0.6 is 11.3 Å². The minimum atomic E-state index is 0.287. The second kappa shape index (κ2) is 7.21. The van der Waals surface area contributed by atoms with E-state index in [-0.39, 0.29) is 6.61 Å². The summed E-state index contributed by atoms with van der Waals surface area (Å²) in [4.78, 5) is 6.35. The Morgan fingerprint density at radius 2 is 2.05 bits per heavy atom. The number of nitrogens with one attached hydrogen (secondary N) is 1. The number of aliphatic hydroxyl groups is 1. The molecular weight excluding hydrogens is 280 g/mol. The topological polar surface area (TPSA) is 45.1 Å². The van der Waals surface area contributed by atoms with Crippen LogP contribution in [0.1, 0.15) is 73.5 Å². The highest BCUT2D eigenvalue weighted by Crippen LogP contribution is 2.33. The number of thiazole rings is 1. The molecule has 0 saturated heterocycles. The second-order valence-corrected chi connectivity index (χ2v) is 7.80. The molecule has 0 aliphatic heterocycles. The number of nitrogens with zero attached hydrogens (tertiary/aromatic N) is 1. The van der Waals surface area contributed by atoms with Crippen LogP contribution in [0.25, 0.3) is 0 Å². The maximum atomic E-state index is 9.39. The van der Waals surface area contributed by atoms with E-state index in [4.69, 9.17) is 4.98 Å². The molecule has 0 aromatic carbocycles. The lowest BCUT2D eigenvalue weighted by molar-refractivity contribution is 0.198. The molecule has 2 atom stereocenters. The third-order valence-corrected chi connectivity index (χ3v) is 6.45. The zero-order valence-corrected chi connectivity index (χ0v) is 13.9. The summed E-state index contributed by atoms with van der Waals surface area (Å²) in [6.07, 6.45) is 11.3. The van der Waals surface area contributed by atoms with Gasteiger partial charge in [0.15, 0.2) is 0 Å². The number of hydrogen-bond donors (Lipinski definition) is 2. The largest absolute Gasteiger partial charge is 0.396 e. The van der Waals surface area contributed by atoms with Gasteiger partial charge in [-0.3, -0.25) is 0 Å². The van der Waals surface area contributed by atoms with Gasteiger partial charge >= 0.3 is 0 Å². The van der Waals surface area contributed by atoms with Gasteiger partial charge in [0.2, 0.25) is 0 Å². The summed E-state index contributed by atoms with van der Waals surface area (Å²) in [7, 11) is 0. The first-order valence-electron chi connectivity index (χ1n) is 8.63. The Kier molecular flexibility index (Phi) is 5.30. The van der Waals surface area contributed by atoms with Crippen LogP contribution in [0.4, 0.5) is 0 Å². The van der Waals surface area contributed by atoms with Gasteiger partial charge in [-0.05, 0) is 51.4 Å². The molecule has 1 aromatic rings. The monoisotopic (exact) mass is 308 g/mol. The number of hydrogen-bond acceptors (Lipinski definition) is 4. The standard InChI is InChI=1S/C17H28N2OS/c1-12(17-19-15-8-5-9-16(15)21-17)18-14(10-11-20)13-6-3-2-4-7-13/h12-14,18,20H,2-11H2,1H3. The van der Waals surface area contributed by atoms with Crippen molar-refractivity contribution in [1.29, 1.82) is 0 Å². The molecule has 3 rings (SSSR count). The summed E-state index contributed by atoms with van der Waals surface area (Å²) in [5.41, 5.74) is 1.35. The highest BCUT2D eigenvalue weighted by molar-refractivity contribution is 7.11. The van der Waals surface area contributed by atoms with E-state index < -0.39 is 0 Å². The molecule has 2 unspecified atom stereocenters. The van der Waals surface area contributed by atoms with Crippen molar-refractivity contribution >= 4 is 11.3 Å². The first-order chi connectivity index (χ1) is 10.3. The highest BCUT2D eigenvalue weighted by atomic mass is 32.1. The van der Waals surface area contributed by atoms with E-state index >= 15 is 0 Å². The predicted octanol–water partition coefficient (Wildman–Crippen LogP) is 3.61. The minimum absolute atomic E-state index is 0.287. The van der Waals surface area contributed by atoms with Gasteiger partial charge in [0.25, 0.3) is 0 Å². The number of aliphatic hydroxyl groups excluding tert-OH is 1. The fraction of sp³-hybridized carbons (Fsp3) is 0.824. The third kappa shape index (κ3) is 3.66. The Morgan fingerprint density at radius 3 is 2.76 bits per heavy atom. The molecule has 1 saturated carbocycles. The van der Waals surface area contributed by atoms with Gasteiger partial charge in [-0.15, -0.1) is 11.3 Å². The van der Waals surface area contributed by atoms with Gasteiger partial charge in [-0.1, -0.05) is 19.3 Å². The highest BCUT2D eigenvalue weighted by Gasteiger charge is 2.26. The lowest BCUT2D eigenvalue weighted by atomic mass is 9.82. The zero-order valence-electron chi connectivity index (χ0n) is 13.1. The van der Waals surface area contributed by atoms with E-state index in [1.54, 1.807) is 0 Å². The molecule has 2 aliphatic carbocycles. The summed E-state index contributed by atoms with van der Waals surface area (Å²) in [5.74, 6) is 0.736. The second-order valence-electron chi connectivity index (χ2n) is 6.68. The molecular formula is C17H28N2OS. The molecule has 118 valence electrons. The van der Waals surface area contributed by atoms with Crippen LogP contribution in [0.15, 0.2) is 0 Å². The van der Waals surface area contributed by atoms with E-state index in [2.05, 4.69) is 12.2 Å². The maximum absolute atomic E-state index is 9.39. The van der Waals surface area contributed by atoms with Crippen molar-refractivity contribution < 1.29 is 5.11 Å². The van der Waals surface area contributed by atoms with E-state index in [9.17, 15) is 5.11 Å². The Morgan fingerprint density at radius 1 is 1.24 bits per heavy atom. The van der Waals surface area contributed by atoms with Crippen LogP contribution in [0.5, 0.6) is 0 Å². The van der Waals surface area contributed by atoms with E-state index in [0.29, 0.717) is 12.1 Å². The van der Waals surface area contributed by atoms with Crippen molar-refractivity contribution in [3.63, 3.8) is 0 Å². The number of rotatable bonds is 6. The Labute approximate surface area is 132 Å². The van der Waals surface area contributed by atoms with Crippen molar-refractivity contribution in [1.82, 2.24) is 10.3 Å². The van der Waals surface area contributed by atoms with Gasteiger partial charge in [0, 0.05) is 17.5 Å². The van der Waals surface area contributed by atoms with Crippen LogP contribution in [-0.4, -0.2) is 22.7 Å². The van der Waals surface area contributed by atoms with E-state index in [0.717, 1.165) is 12.3 Å². The molecule has 0 spiro atoms. The molecule has 2 N–H and O–H groups in total. The van der Waals surface area contributed by atoms with Crippen molar-refractivity contribution in [2.24, 2.45) is 5.92 Å². The molecule has 0 amide bonds. The molecule has 3 nitrogen and oxygen atoms in total. The van der Waals surface area contributed by atoms with Crippen LogP contribution in [0.3, 0.4) is 0 Å². The quantitative estimate of drug-likeness (QED) is 0.844. The van der Waals surface area contributed by atoms with Crippen molar-refractivity contribution in [2.45, 2.75) is 76.8 Å². The molecule has 0 bridgehead atoms. The summed E-state index contributed by atoms with van der Waals surface area (Å²) >= 11 is 1.90. The summed E-state index contributed by atoms with van der Waals surface area (Å²) in [6, 6.07) is 0.767. The van der Waals surface area contributed by atoms with Crippen LogP contribution in [-0.2, 0) is 12.8 Å². The summed E-state index contributed by atoms with van der Waals surface area (Å²) in [6.45, 7) is 2.52. The van der Waals surface area contributed by atoms with E-state index in [1.807, 2.05) is 11.3 Å². The van der Waals surface area contributed by atoms with Gasteiger partial charge in [0.1, 0.15) is 5.01 Å². The van der Waals surface area contributed by atoms with Crippen molar-refractivity contribution in [3.8, 4) is 0 Å². The fourth-order valence-corrected chi connectivity index (χ4v) is 5.08. The first kappa shape index (κ1) is 15.4. The lowest BCUT2D eigenvalue weighted by Crippen LogP contribution is -2.39. The molecule has 21 heavy (non-hydrogen) atoms. The first-order valence-corrected chi connectivity index (χ1v) is 9.45. The average Bonchev–Trinajstić information content (AvgIpc) is 3.09. The lowest BCUT2D eigenvalue weighted by Gasteiger charge is -2.32. The fourth-order valence-electron chi connectivity index (χ4n) is 3.92. The average molecular weight is 308 g/mol. The van der Waals surface area contributed by atoms with Crippen LogP contribution in [0, 0.1) is 5.92 Å². The molecule has 2 aliphatic rings. The SMILES string of the molecule is CC(NC(CCO)C1CCCCC1)c1nc2c(s1)CCC2. The minimum Gasteiger partial charge on any atom is -0.396 e. The smallest absolute Gasteiger partial charge is 0.110 e. The predicted molar refractivity (Wildman–Crippen MR) is 87.8 cm³/mol. The maximum Gasteiger partial charge on any atom is 0.110 e. The van der Waals surface area contributed by atoms with Gasteiger partial charge in [-0.2, -0.15) is 0 Å². The van der Waals surface area contributed by atoms with Crippen LogP contribution < -0.4 is 5.32 Å². The Balaban J connectivity index is 1.63. The van der Waals surface area contributed by atoms with Crippen LogP contribution in [0.2, 0.25) is 0 Å². The molecule has 1 heterocycles. The number of aryl methyl sites for hydroxylation is 2. The molecule has 1 aromatic heterocycles. The Bertz CT molecular complexity index is 432. The molecule has 0 radical (unpaired) electrons. The molecule has 4 heteroatoms. The number of fused-ring (bicyclic) bond motifs is 1. The summed E-state index contributed by atoms with van der Waals surface area (Å²) < 4.78 is 0. The van der Waals surface area contributed by atoms with Crippen molar-refractivity contribution in [2.75, 3.05) is 6.61 Å². The third-order valence-electron chi connectivity index (χ3n) is 5.11. The molecule has 1 fully saturated rings. The Hall–Kier alpha value is -0.450. The zero-order chi connectivity index (χ0) is 14.7.